The van der Waals surface area contributed by atoms with Crippen molar-refractivity contribution < 1.29 is 9.90 Å². The lowest BCUT2D eigenvalue weighted by Gasteiger charge is -2.24. The van der Waals surface area contributed by atoms with Crippen molar-refractivity contribution in [2.75, 3.05) is 0 Å². The van der Waals surface area contributed by atoms with Gasteiger partial charge in [0.05, 0.1) is 11.9 Å². The van der Waals surface area contributed by atoms with Crippen molar-refractivity contribution in [2.45, 2.75) is 25.7 Å². The molecule has 0 amide bonds. The lowest BCUT2D eigenvalue weighted by atomic mass is 9.80. The van der Waals surface area contributed by atoms with E-state index in [-0.39, 0.29) is 6.42 Å². The van der Waals surface area contributed by atoms with E-state index in [1.165, 1.54) is 0 Å². The molecule has 0 unspecified atom stereocenters. The van der Waals surface area contributed by atoms with E-state index in [2.05, 4.69) is 4.98 Å². The summed E-state index contributed by atoms with van der Waals surface area (Å²) < 4.78 is 0. The second kappa shape index (κ2) is 4.17. The summed E-state index contributed by atoms with van der Waals surface area (Å²) in [4.78, 5) is 15.2. The summed E-state index contributed by atoms with van der Waals surface area (Å²) in [6, 6.07) is 9.71. The molecule has 0 saturated heterocycles. The van der Waals surface area contributed by atoms with Gasteiger partial charge >= 0.3 is 5.97 Å². The Morgan fingerprint density at radius 2 is 2.06 bits per heavy atom. The van der Waals surface area contributed by atoms with Gasteiger partial charge in [-0.2, -0.15) is 0 Å². The van der Waals surface area contributed by atoms with E-state index in [4.69, 9.17) is 5.11 Å². The zero-order chi connectivity index (χ0) is 12.5. The maximum atomic E-state index is 10.9. The van der Waals surface area contributed by atoms with E-state index in [1.54, 1.807) is 6.20 Å². The summed E-state index contributed by atoms with van der Waals surface area (Å²) in [7, 11) is 0. The first kappa shape index (κ1) is 11.6. The number of hydrogen-bond acceptors (Lipinski definition) is 2. The van der Waals surface area contributed by atoms with Gasteiger partial charge in [0.1, 0.15) is 0 Å². The summed E-state index contributed by atoms with van der Waals surface area (Å²) in [6.45, 7) is 3.89. The number of nitrogens with zero attached hydrogens (tertiary/aromatic N) is 1. The summed E-state index contributed by atoms with van der Waals surface area (Å²) >= 11 is 0. The van der Waals surface area contributed by atoms with Gasteiger partial charge in [0.15, 0.2) is 0 Å². The molecule has 1 aromatic carbocycles. The normalized spacial score (nSPS) is 11.6. The Morgan fingerprint density at radius 1 is 1.29 bits per heavy atom. The van der Waals surface area contributed by atoms with E-state index in [0.29, 0.717) is 0 Å². The van der Waals surface area contributed by atoms with E-state index >= 15 is 0 Å². The second-order valence-electron chi connectivity index (χ2n) is 4.83. The predicted octanol–water partition coefficient (Wildman–Crippen LogP) is 2.99. The molecule has 0 spiro atoms. The van der Waals surface area contributed by atoms with Crippen LogP contribution >= 0.6 is 0 Å². The van der Waals surface area contributed by atoms with Crippen LogP contribution in [0.15, 0.2) is 36.5 Å². The average molecular weight is 229 g/mol. The molecule has 1 heterocycles. The fourth-order valence-corrected chi connectivity index (χ4v) is 2.17. The minimum absolute atomic E-state index is 0.112. The van der Waals surface area contributed by atoms with Gasteiger partial charge in [-0.3, -0.25) is 9.78 Å². The fourth-order valence-electron chi connectivity index (χ4n) is 2.17. The van der Waals surface area contributed by atoms with Gasteiger partial charge in [-0.05, 0) is 17.7 Å². The molecular weight excluding hydrogens is 214 g/mol. The van der Waals surface area contributed by atoms with Crippen LogP contribution in [0.3, 0.4) is 0 Å². The molecule has 0 aliphatic rings. The number of benzene rings is 1. The maximum Gasteiger partial charge on any atom is 0.304 e. The van der Waals surface area contributed by atoms with E-state index in [9.17, 15) is 4.79 Å². The van der Waals surface area contributed by atoms with Crippen LogP contribution < -0.4 is 0 Å². The number of carboxylic acid groups (broad SMARTS) is 1. The van der Waals surface area contributed by atoms with Crippen molar-refractivity contribution in [3.05, 3.63) is 42.1 Å². The Kier molecular flexibility index (Phi) is 2.84. The molecule has 3 heteroatoms. The minimum atomic E-state index is -0.782. The van der Waals surface area contributed by atoms with Gasteiger partial charge in [-0.15, -0.1) is 0 Å². The Balaban J connectivity index is 2.58. The van der Waals surface area contributed by atoms with Gasteiger partial charge in [0, 0.05) is 17.0 Å². The van der Waals surface area contributed by atoms with Crippen LogP contribution in [0.1, 0.15) is 25.8 Å². The molecule has 2 aromatic rings. The van der Waals surface area contributed by atoms with E-state index in [0.717, 1.165) is 16.5 Å². The van der Waals surface area contributed by atoms with Crippen molar-refractivity contribution in [1.82, 2.24) is 4.98 Å². The lowest BCUT2D eigenvalue weighted by molar-refractivity contribution is -0.138. The van der Waals surface area contributed by atoms with Crippen LogP contribution in [-0.4, -0.2) is 16.1 Å². The molecule has 0 radical (unpaired) electrons. The topological polar surface area (TPSA) is 50.2 Å². The first-order valence-corrected chi connectivity index (χ1v) is 5.57. The molecule has 0 fully saturated rings. The number of fused-ring (bicyclic) bond motifs is 1. The Labute approximate surface area is 100 Å². The van der Waals surface area contributed by atoms with Gasteiger partial charge in [0.2, 0.25) is 0 Å². The third-order valence-electron chi connectivity index (χ3n) is 2.97. The summed E-state index contributed by atoms with van der Waals surface area (Å²) in [5.41, 5.74) is 1.54. The van der Waals surface area contributed by atoms with Gasteiger partial charge in [0.25, 0.3) is 0 Å². The largest absolute Gasteiger partial charge is 0.481 e. The number of carboxylic acids is 1. The molecule has 17 heavy (non-hydrogen) atoms. The van der Waals surface area contributed by atoms with E-state index in [1.807, 2.05) is 44.2 Å². The number of pyridine rings is 1. The quantitative estimate of drug-likeness (QED) is 0.880. The Hall–Kier alpha value is -1.90. The number of carbonyl (C=O) groups is 1. The van der Waals surface area contributed by atoms with Crippen LogP contribution in [0.25, 0.3) is 10.9 Å². The van der Waals surface area contributed by atoms with Crippen LogP contribution in [0, 0.1) is 0 Å². The number of hydrogen-bond donors (Lipinski definition) is 1. The highest BCUT2D eigenvalue weighted by Crippen LogP contribution is 2.32. The third kappa shape index (κ3) is 2.28. The average Bonchev–Trinajstić information content (AvgIpc) is 2.26. The summed E-state index contributed by atoms with van der Waals surface area (Å²) in [5.74, 6) is -0.782. The Morgan fingerprint density at radius 3 is 2.76 bits per heavy atom. The molecule has 0 aliphatic heterocycles. The molecule has 1 aromatic heterocycles. The zero-order valence-corrected chi connectivity index (χ0v) is 9.97. The van der Waals surface area contributed by atoms with Crippen LogP contribution in [0.4, 0.5) is 0 Å². The first-order chi connectivity index (χ1) is 8.00. The smallest absolute Gasteiger partial charge is 0.304 e. The van der Waals surface area contributed by atoms with Crippen molar-refractivity contribution >= 4 is 16.9 Å². The van der Waals surface area contributed by atoms with Crippen molar-refractivity contribution in [3.8, 4) is 0 Å². The molecule has 1 N–H and O–H groups in total. The van der Waals surface area contributed by atoms with Crippen molar-refractivity contribution in [3.63, 3.8) is 0 Å². The van der Waals surface area contributed by atoms with E-state index < -0.39 is 11.4 Å². The van der Waals surface area contributed by atoms with Crippen molar-refractivity contribution in [2.24, 2.45) is 0 Å². The third-order valence-corrected chi connectivity index (χ3v) is 2.97. The molecule has 0 saturated carbocycles. The van der Waals surface area contributed by atoms with Gasteiger partial charge in [-0.25, -0.2) is 0 Å². The second-order valence-corrected chi connectivity index (χ2v) is 4.83. The molecule has 88 valence electrons. The highest BCUT2D eigenvalue weighted by Gasteiger charge is 2.25. The van der Waals surface area contributed by atoms with Crippen molar-refractivity contribution in [1.29, 1.82) is 0 Å². The number of aliphatic carboxylic acids is 1. The fraction of sp³-hybridized carbons (Fsp3) is 0.286. The lowest BCUT2D eigenvalue weighted by Crippen LogP contribution is -2.22. The maximum absolute atomic E-state index is 10.9. The monoisotopic (exact) mass is 229 g/mol. The summed E-state index contributed by atoms with van der Waals surface area (Å²) in [6.07, 6.45) is 1.86. The number of aromatic nitrogens is 1. The summed E-state index contributed by atoms with van der Waals surface area (Å²) in [5, 5.41) is 10.00. The highest BCUT2D eigenvalue weighted by atomic mass is 16.4. The van der Waals surface area contributed by atoms with Gasteiger partial charge < -0.3 is 5.11 Å². The number of rotatable bonds is 3. The van der Waals surface area contributed by atoms with Crippen LogP contribution in [-0.2, 0) is 10.2 Å². The molecule has 0 atom stereocenters. The van der Waals surface area contributed by atoms with Crippen LogP contribution in [0.2, 0.25) is 0 Å². The molecular formula is C14H15NO2. The SMILES string of the molecule is CC(C)(CC(=O)O)c1cccc2ncccc12. The first-order valence-electron chi connectivity index (χ1n) is 5.57. The molecule has 0 bridgehead atoms. The zero-order valence-electron chi connectivity index (χ0n) is 9.97. The Bertz CT molecular complexity index is 556. The molecule has 2 rings (SSSR count). The minimum Gasteiger partial charge on any atom is -0.481 e. The standard InChI is InChI=1S/C14H15NO2/c1-14(2,9-13(16)17)11-6-3-7-12-10(11)5-4-8-15-12/h3-8H,9H2,1-2H3,(H,16,17). The van der Waals surface area contributed by atoms with Gasteiger partial charge in [-0.1, -0.05) is 32.0 Å². The molecule has 0 aliphatic carbocycles. The highest BCUT2D eigenvalue weighted by molar-refractivity contribution is 5.84. The molecule has 3 nitrogen and oxygen atoms in total. The van der Waals surface area contributed by atoms with Crippen LogP contribution in [0.5, 0.6) is 0 Å². The predicted molar refractivity (Wildman–Crippen MR) is 67.0 cm³/mol.